The molecule has 0 bridgehead atoms. The predicted molar refractivity (Wildman–Crippen MR) is 77.8 cm³/mol. The molecule has 104 valence electrons. The molecule has 0 saturated heterocycles. The van der Waals surface area contributed by atoms with E-state index in [4.69, 9.17) is 0 Å². The van der Waals surface area contributed by atoms with Crippen molar-refractivity contribution in [1.82, 2.24) is 15.3 Å². The first-order valence-electron chi connectivity index (χ1n) is 6.40. The van der Waals surface area contributed by atoms with Gasteiger partial charge in [0, 0.05) is 28.7 Å². The van der Waals surface area contributed by atoms with E-state index in [0.29, 0.717) is 34.1 Å². The van der Waals surface area contributed by atoms with Gasteiger partial charge in [-0.05, 0) is 31.0 Å². The van der Waals surface area contributed by atoms with Gasteiger partial charge in [0.1, 0.15) is 11.6 Å². The van der Waals surface area contributed by atoms with E-state index in [2.05, 4.69) is 31.2 Å². The van der Waals surface area contributed by atoms with Crippen LogP contribution in [0.3, 0.4) is 0 Å². The van der Waals surface area contributed by atoms with Gasteiger partial charge in [-0.3, -0.25) is 4.79 Å². The lowest BCUT2D eigenvalue weighted by molar-refractivity contribution is 0.627. The van der Waals surface area contributed by atoms with Crippen LogP contribution in [0.1, 0.15) is 18.5 Å². The van der Waals surface area contributed by atoms with Crippen LogP contribution in [0.2, 0.25) is 0 Å². The number of nitrogens with zero attached hydrogens (tertiary/aromatic N) is 1. The Labute approximate surface area is 123 Å². The fourth-order valence-electron chi connectivity index (χ4n) is 1.96. The third-order valence-electron chi connectivity index (χ3n) is 3.08. The number of nitrogens with one attached hydrogen (secondary N) is 2. The summed E-state index contributed by atoms with van der Waals surface area (Å²) in [6.45, 7) is 0.554. The van der Waals surface area contributed by atoms with Gasteiger partial charge in [-0.2, -0.15) is 0 Å². The third kappa shape index (κ3) is 3.32. The number of halogens is 2. The molecule has 0 amide bonds. The smallest absolute Gasteiger partial charge is 0.251 e. The van der Waals surface area contributed by atoms with Crippen LogP contribution >= 0.6 is 15.9 Å². The molecule has 1 fully saturated rings. The van der Waals surface area contributed by atoms with E-state index in [0.717, 1.165) is 0 Å². The number of hydrogen-bond donors (Lipinski definition) is 2. The monoisotopic (exact) mass is 337 g/mol. The highest BCUT2D eigenvalue weighted by molar-refractivity contribution is 9.10. The average Bonchev–Trinajstić information content (AvgIpc) is 3.18. The zero-order chi connectivity index (χ0) is 14.1. The Morgan fingerprint density at radius 1 is 1.35 bits per heavy atom. The predicted octanol–water partition coefficient (Wildman–Crippen LogP) is 2.59. The second-order valence-corrected chi connectivity index (χ2v) is 5.81. The van der Waals surface area contributed by atoms with Crippen molar-refractivity contribution in [3.8, 4) is 11.4 Å². The van der Waals surface area contributed by atoms with E-state index in [9.17, 15) is 9.18 Å². The maximum atomic E-state index is 13.4. The van der Waals surface area contributed by atoms with Crippen molar-refractivity contribution in [3.05, 3.63) is 50.6 Å². The van der Waals surface area contributed by atoms with Gasteiger partial charge in [0.2, 0.25) is 0 Å². The summed E-state index contributed by atoms with van der Waals surface area (Å²) in [5, 5.41) is 3.30. The minimum absolute atomic E-state index is 0.233. The molecule has 1 aromatic heterocycles. The molecular formula is C14H13BrFN3O. The van der Waals surface area contributed by atoms with Gasteiger partial charge in [-0.1, -0.05) is 15.9 Å². The van der Waals surface area contributed by atoms with Crippen LogP contribution < -0.4 is 10.9 Å². The molecular weight excluding hydrogens is 325 g/mol. The SMILES string of the molecule is O=c1cc(CNC2CC2)nc(-c2cc(F)cc(Br)c2)[nH]1. The van der Waals surface area contributed by atoms with Gasteiger partial charge in [-0.15, -0.1) is 0 Å². The molecule has 0 unspecified atom stereocenters. The summed E-state index contributed by atoms with van der Waals surface area (Å²) in [4.78, 5) is 18.7. The number of H-pyrrole nitrogens is 1. The molecule has 2 N–H and O–H groups in total. The molecule has 0 aliphatic heterocycles. The zero-order valence-electron chi connectivity index (χ0n) is 10.6. The molecule has 1 heterocycles. The van der Waals surface area contributed by atoms with Gasteiger partial charge in [-0.25, -0.2) is 9.37 Å². The zero-order valence-corrected chi connectivity index (χ0v) is 12.2. The van der Waals surface area contributed by atoms with Crippen molar-refractivity contribution >= 4 is 15.9 Å². The van der Waals surface area contributed by atoms with Crippen LogP contribution in [-0.2, 0) is 6.54 Å². The normalized spacial score (nSPS) is 14.5. The fourth-order valence-corrected chi connectivity index (χ4v) is 2.43. The number of rotatable bonds is 4. The molecule has 3 rings (SSSR count). The molecule has 0 atom stereocenters. The lowest BCUT2D eigenvalue weighted by Gasteiger charge is -2.06. The van der Waals surface area contributed by atoms with Crippen molar-refractivity contribution in [2.24, 2.45) is 0 Å². The standard InChI is InChI=1S/C14H13BrFN3O/c15-9-3-8(4-10(16)5-9)14-18-12(6-13(20)19-14)7-17-11-1-2-11/h3-6,11,17H,1-2,7H2,(H,18,19,20). The van der Waals surface area contributed by atoms with Gasteiger partial charge in [0.15, 0.2) is 0 Å². The van der Waals surface area contributed by atoms with Crippen LogP contribution in [0.25, 0.3) is 11.4 Å². The van der Waals surface area contributed by atoms with E-state index in [1.807, 2.05) is 0 Å². The summed E-state index contributed by atoms with van der Waals surface area (Å²) in [5.41, 5.74) is 0.973. The second-order valence-electron chi connectivity index (χ2n) is 4.90. The van der Waals surface area contributed by atoms with Crippen LogP contribution in [0.5, 0.6) is 0 Å². The van der Waals surface area contributed by atoms with Gasteiger partial charge in [0.25, 0.3) is 5.56 Å². The molecule has 1 aliphatic carbocycles. The van der Waals surface area contributed by atoms with E-state index in [-0.39, 0.29) is 11.4 Å². The Morgan fingerprint density at radius 3 is 2.85 bits per heavy atom. The molecule has 4 nitrogen and oxygen atoms in total. The molecule has 1 aromatic carbocycles. The largest absolute Gasteiger partial charge is 0.308 e. The Bertz CT molecular complexity index is 677. The molecule has 1 saturated carbocycles. The van der Waals surface area contributed by atoms with Crippen molar-refractivity contribution < 1.29 is 4.39 Å². The highest BCUT2D eigenvalue weighted by Gasteiger charge is 2.20. The van der Waals surface area contributed by atoms with Gasteiger partial charge in [0.05, 0.1) is 5.69 Å². The summed E-state index contributed by atoms with van der Waals surface area (Å²) in [5.74, 6) is 0.00355. The topological polar surface area (TPSA) is 57.8 Å². The number of hydrogen-bond acceptors (Lipinski definition) is 3. The first-order chi connectivity index (χ1) is 9.60. The van der Waals surface area contributed by atoms with Gasteiger partial charge >= 0.3 is 0 Å². The summed E-state index contributed by atoms with van der Waals surface area (Å²) >= 11 is 3.23. The third-order valence-corrected chi connectivity index (χ3v) is 3.54. The van der Waals surface area contributed by atoms with Crippen LogP contribution in [0.4, 0.5) is 4.39 Å². The van der Waals surface area contributed by atoms with Crippen molar-refractivity contribution in [1.29, 1.82) is 0 Å². The van der Waals surface area contributed by atoms with Crippen molar-refractivity contribution in [2.45, 2.75) is 25.4 Å². The quantitative estimate of drug-likeness (QED) is 0.901. The first-order valence-corrected chi connectivity index (χ1v) is 7.19. The Balaban J connectivity index is 1.93. The average molecular weight is 338 g/mol. The Morgan fingerprint density at radius 2 is 2.15 bits per heavy atom. The van der Waals surface area contributed by atoms with Crippen LogP contribution in [0, 0.1) is 5.82 Å². The fraction of sp³-hybridized carbons (Fsp3) is 0.286. The number of aromatic nitrogens is 2. The summed E-state index contributed by atoms with van der Waals surface area (Å²) in [6, 6.07) is 6.44. The van der Waals surface area contributed by atoms with E-state index >= 15 is 0 Å². The lowest BCUT2D eigenvalue weighted by Crippen LogP contribution is -2.19. The molecule has 20 heavy (non-hydrogen) atoms. The van der Waals surface area contributed by atoms with Crippen LogP contribution in [0.15, 0.2) is 33.5 Å². The Hall–Kier alpha value is -1.53. The lowest BCUT2D eigenvalue weighted by atomic mass is 10.2. The van der Waals surface area contributed by atoms with Gasteiger partial charge < -0.3 is 10.3 Å². The highest BCUT2D eigenvalue weighted by atomic mass is 79.9. The minimum Gasteiger partial charge on any atom is -0.308 e. The molecule has 2 aromatic rings. The minimum atomic E-state index is -0.376. The molecule has 0 radical (unpaired) electrons. The molecule has 1 aliphatic rings. The summed E-state index contributed by atoms with van der Waals surface area (Å²) in [7, 11) is 0. The van der Waals surface area contributed by atoms with E-state index in [1.54, 1.807) is 6.07 Å². The maximum Gasteiger partial charge on any atom is 0.251 e. The Kier molecular flexibility index (Phi) is 3.67. The molecule has 6 heteroatoms. The summed E-state index contributed by atoms with van der Waals surface area (Å²) < 4.78 is 14.0. The first kappa shape index (κ1) is 13.5. The second kappa shape index (κ2) is 5.46. The van der Waals surface area contributed by atoms with E-state index < -0.39 is 0 Å². The number of aromatic amines is 1. The van der Waals surface area contributed by atoms with Crippen molar-refractivity contribution in [3.63, 3.8) is 0 Å². The highest BCUT2D eigenvalue weighted by Crippen LogP contribution is 2.22. The number of benzene rings is 1. The summed E-state index contributed by atoms with van der Waals surface area (Å²) in [6.07, 6.45) is 2.35. The molecule has 0 spiro atoms. The van der Waals surface area contributed by atoms with Crippen molar-refractivity contribution in [2.75, 3.05) is 0 Å². The maximum absolute atomic E-state index is 13.4. The van der Waals surface area contributed by atoms with E-state index in [1.165, 1.54) is 31.0 Å². The van der Waals surface area contributed by atoms with Crippen LogP contribution in [-0.4, -0.2) is 16.0 Å².